The quantitative estimate of drug-likeness (QED) is 0.631. The van der Waals surface area contributed by atoms with Crippen LogP contribution in [0.4, 0.5) is 0 Å². The molecule has 0 saturated heterocycles. The van der Waals surface area contributed by atoms with E-state index in [4.69, 9.17) is 9.47 Å². The van der Waals surface area contributed by atoms with E-state index in [0.29, 0.717) is 6.10 Å². The predicted octanol–water partition coefficient (Wildman–Crippen LogP) is 2.60. The molecule has 1 fully saturated rings. The normalized spacial score (nSPS) is 25.1. The fourth-order valence-corrected chi connectivity index (χ4v) is 2.40. The molecule has 0 aromatic heterocycles. The van der Waals surface area contributed by atoms with E-state index in [-0.39, 0.29) is 0 Å². The number of rotatable bonds is 9. The highest BCUT2D eigenvalue weighted by Crippen LogP contribution is 2.25. The molecule has 2 atom stereocenters. The van der Waals surface area contributed by atoms with Gasteiger partial charge < -0.3 is 14.8 Å². The average molecular weight is 243 g/mol. The van der Waals surface area contributed by atoms with Crippen LogP contribution in [0.15, 0.2) is 0 Å². The molecule has 0 aliphatic heterocycles. The molecule has 0 amide bonds. The summed E-state index contributed by atoms with van der Waals surface area (Å²) in [6.07, 6.45) is 6.85. The first-order valence-electron chi connectivity index (χ1n) is 7.23. The Morgan fingerprint density at radius 3 is 2.82 bits per heavy atom. The van der Waals surface area contributed by atoms with Crippen LogP contribution in [0.1, 0.15) is 46.0 Å². The first-order valence-corrected chi connectivity index (χ1v) is 7.23. The molecule has 17 heavy (non-hydrogen) atoms. The molecule has 0 aromatic rings. The van der Waals surface area contributed by atoms with E-state index >= 15 is 0 Å². The summed E-state index contributed by atoms with van der Waals surface area (Å²) in [5.41, 5.74) is 0. The third-order valence-electron chi connectivity index (χ3n) is 3.37. The predicted molar refractivity (Wildman–Crippen MR) is 71.4 cm³/mol. The molecule has 3 nitrogen and oxygen atoms in total. The molecule has 1 aliphatic rings. The van der Waals surface area contributed by atoms with Crippen LogP contribution in [0.2, 0.25) is 0 Å². The zero-order valence-corrected chi connectivity index (χ0v) is 11.5. The molecule has 3 heteroatoms. The minimum absolute atomic E-state index is 0.518. The zero-order chi connectivity index (χ0) is 12.3. The molecule has 0 radical (unpaired) electrons. The molecule has 0 aromatic carbocycles. The SMILES string of the molecule is CCOCCCNCCOC1CCCC(C)C1. The Kier molecular flexibility index (Phi) is 8.67. The lowest BCUT2D eigenvalue weighted by molar-refractivity contribution is 0.0173. The lowest BCUT2D eigenvalue weighted by Gasteiger charge is -2.26. The molecule has 1 aliphatic carbocycles. The smallest absolute Gasteiger partial charge is 0.0594 e. The highest BCUT2D eigenvalue weighted by molar-refractivity contribution is 4.70. The van der Waals surface area contributed by atoms with Crippen molar-refractivity contribution >= 4 is 0 Å². The molecular formula is C14H29NO2. The lowest BCUT2D eigenvalue weighted by Crippen LogP contribution is -2.27. The van der Waals surface area contributed by atoms with Gasteiger partial charge >= 0.3 is 0 Å². The minimum Gasteiger partial charge on any atom is -0.382 e. The van der Waals surface area contributed by atoms with Crippen LogP contribution in [0.3, 0.4) is 0 Å². The summed E-state index contributed by atoms with van der Waals surface area (Å²) < 4.78 is 11.2. The van der Waals surface area contributed by atoms with Gasteiger partial charge in [0, 0.05) is 19.8 Å². The summed E-state index contributed by atoms with van der Waals surface area (Å²) in [6.45, 7) is 8.91. The highest BCUT2D eigenvalue weighted by atomic mass is 16.5. The van der Waals surface area contributed by atoms with Gasteiger partial charge in [-0.15, -0.1) is 0 Å². The van der Waals surface area contributed by atoms with Crippen molar-refractivity contribution in [3.63, 3.8) is 0 Å². The van der Waals surface area contributed by atoms with Crippen LogP contribution in [0.25, 0.3) is 0 Å². The summed E-state index contributed by atoms with van der Waals surface area (Å²) in [5.74, 6) is 0.855. The third kappa shape index (κ3) is 7.74. The average Bonchev–Trinajstić information content (AvgIpc) is 2.33. The number of ether oxygens (including phenoxy) is 2. The van der Waals surface area contributed by atoms with E-state index in [1.165, 1.54) is 25.7 Å². The van der Waals surface area contributed by atoms with Gasteiger partial charge in [0.2, 0.25) is 0 Å². The maximum Gasteiger partial charge on any atom is 0.0594 e. The van der Waals surface area contributed by atoms with Crippen molar-refractivity contribution in [2.75, 3.05) is 32.9 Å². The second kappa shape index (κ2) is 9.86. The maximum absolute atomic E-state index is 5.89. The second-order valence-electron chi connectivity index (χ2n) is 5.07. The Morgan fingerprint density at radius 2 is 2.06 bits per heavy atom. The molecule has 2 unspecified atom stereocenters. The van der Waals surface area contributed by atoms with Gasteiger partial charge in [-0.05, 0) is 38.6 Å². The lowest BCUT2D eigenvalue weighted by atomic mass is 9.89. The molecule has 1 N–H and O–H groups in total. The van der Waals surface area contributed by atoms with Crippen molar-refractivity contribution in [3.05, 3.63) is 0 Å². The van der Waals surface area contributed by atoms with Gasteiger partial charge in [0.05, 0.1) is 12.7 Å². The van der Waals surface area contributed by atoms with Crippen LogP contribution >= 0.6 is 0 Å². The summed E-state index contributed by atoms with van der Waals surface area (Å²) in [5, 5.41) is 3.39. The first kappa shape index (κ1) is 14.9. The van der Waals surface area contributed by atoms with E-state index in [2.05, 4.69) is 12.2 Å². The van der Waals surface area contributed by atoms with Crippen molar-refractivity contribution < 1.29 is 9.47 Å². The van der Waals surface area contributed by atoms with Crippen LogP contribution in [0.5, 0.6) is 0 Å². The van der Waals surface area contributed by atoms with Gasteiger partial charge in [0.1, 0.15) is 0 Å². The topological polar surface area (TPSA) is 30.5 Å². The summed E-state index contributed by atoms with van der Waals surface area (Å²) in [4.78, 5) is 0. The fourth-order valence-electron chi connectivity index (χ4n) is 2.40. The minimum atomic E-state index is 0.518. The summed E-state index contributed by atoms with van der Waals surface area (Å²) in [7, 11) is 0. The number of hydrogen-bond donors (Lipinski definition) is 1. The van der Waals surface area contributed by atoms with Crippen molar-refractivity contribution in [1.82, 2.24) is 5.32 Å². The largest absolute Gasteiger partial charge is 0.382 e. The maximum atomic E-state index is 5.89. The summed E-state index contributed by atoms with van der Waals surface area (Å²) in [6, 6.07) is 0. The van der Waals surface area contributed by atoms with Gasteiger partial charge in [-0.3, -0.25) is 0 Å². The second-order valence-corrected chi connectivity index (χ2v) is 5.07. The van der Waals surface area contributed by atoms with Crippen molar-refractivity contribution in [3.8, 4) is 0 Å². The van der Waals surface area contributed by atoms with E-state index < -0.39 is 0 Å². The van der Waals surface area contributed by atoms with Crippen LogP contribution in [-0.2, 0) is 9.47 Å². The molecule has 1 saturated carbocycles. The Balaban J connectivity index is 1.83. The van der Waals surface area contributed by atoms with Gasteiger partial charge in [-0.2, -0.15) is 0 Å². The number of nitrogens with one attached hydrogen (secondary N) is 1. The monoisotopic (exact) mass is 243 g/mol. The standard InChI is InChI=1S/C14H29NO2/c1-3-16-10-5-8-15-9-11-17-14-7-4-6-13(2)12-14/h13-15H,3-12H2,1-2H3. The number of hydrogen-bond acceptors (Lipinski definition) is 3. The summed E-state index contributed by atoms with van der Waals surface area (Å²) >= 11 is 0. The highest BCUT2D eigenvalue weighted by Gasteiger charge is 2.18. The molecule has 0 bridgehead atoms. The van der Waals surface area contributed by atoms with Gasteiger partial charge in [0.15, 0.2) is 0 Å². The first-order chi connectivity index (χ1) is 8.33. The third-order valence-corrected chi connectivity index (χ3v) is 3.37. The Hall–Kier alpha value is -0.120. The van der Waals surface area contributed by atoms with E-state index in [1.807, 2.05) is 6.92 Å². The zero-order valence-electron chi connectivity index (χ0n) is 11.5. The molecule has 0 heterocycles. The Bertz CT molecular complexity index is 176. The van der Waals surface area contributed by atoms with Crippen LogP contribution in [0, 0.1) is 5.92 Å². The van der Waals surface area contributed by atoms with Crippen molar-refractivity contribution in [1.29, 1.82) is 0 Å². The van der Waals surface area contributed by atoms with E-state index in [9.17, 15) is 0 Å². The van der Waals surface area contributed by atoms with Crippen molar-refractivity contribution in [2.24, 2.45) is 5.92 Å². The van der Waals surface area contributed by atoms with Gasteiger partial charge in [-0.25, -0.2) is 0 Å². The van der Waals surface area contributed by atoms with Crippen LogP contribution < -0.4 is 5.32 Å². The Labute approximate surface area is 106 Å². The Morgan fingerprint density at radius 1 is 1.18 bits per heavy atom. The molecular weight excluding hydrogens is 214 g/mol. The van der Waals surface area contributed by atoms with E-state index in [1.54, 1.807) is 0 Å². The molecule has 102 valence electrons. The van der Waals surface area contributed by atoms with Crippen LogP contribution in [-0.4, -0.2) is 39.0 Å². The van der Waals surface area contributed by atoms with E-state index in [0.717, 1.165) is 45.2 Å². The van der Waals surface area contributed by atoms with Gasteiger partial charge in [0.25, 0.3) is 0 Å². The molecule has 1 rings (SSSR count). The van der Waals surface area contributed by atoms with Crippen molar-refractivity contribution in [2.45, 2.75) is 52.1 Å². The fraction of sp³-hybridized carbons (Fsp3) is 1.00. The molecule has 0 spiro atoms. The van der Waals surface area contributed by atoms with Gasteiger partial charge in [-0.1, -0.05) is 19.8 Å².